The molecule has 0 radical (unpaired) electrons. The Kier molecular flexibility index (Phi) is 5.06. The third-order valence-corrected chi connectivity index (χ3v) is 4.99. The molecule has 10 heteroatoms. The first kappa shape index (κ1) is 19.7. The maximum absolute atomic E-state index is 12.6. The van der Waals surface area contributed by atoms with Crippen molar-refractivity contribution >= 4 is 23.4 Å². The largest absolute Gasteiger partial charge is 0.394 e. The van der Waals surface area contributed by atoms with Gasteiger partial charge in [-0.25, -0.2) is 4.98 Å². The monoisotopic (exact) mass is 385 g/mol. The standard InChI is InChI=1S/C18H23N7O3/c1-4-12-8-24(15(27)18(12,28)10-19)14-5-6-20-16(23-14)22-13-7-21-25(9-13)17(2,3)11-26/h5-7,9,12,26,28H,4,8,11H2,1-3H3,(H,20,22,23)/t12-,18+/m0/s1. The number of carbonyl (C=O) groups is 1. The number of aliphatic hydroxyl groups is 2. The smallest absolute Gasteiger partial charge is 0.275 e. The quantitative estimate of drug-likeness (QED) is 0.620. The van der Waals surface area contributed by atoms with Crippen molar-refractivity contribution in [1.29, 1.82) is 5.26 Å². The highest BCUT2D eigenvalue weighted by Crippen LogP contribution is 2.34. The highest BCUT2D eigenvalue weighted by Gasteiger charge is 2.53. The Morgan fingerprint density at radius 1 is 1.50 bits per heavy atom. The van der Waals surface area contributed by atoms with Crippen molar-refractivity contribution in [2.75, 3.05) is 23.4 Å². The molecule has 0 spiro atoms. The van der Waals surface area contributed by atoms with E-state index in [1.54, 1.807) is 29.2 Å². The van der Waals surface area contributed by atoms with Crippen molar-refractivity contribution in [1.82, 2.24) is 19.7 Å². The average molecular weight is 385 g/mol. The van der Waals surface area contributed by atoms with Gasteiger partial charge in [-0.05, 0) is 26.3 Å². The minimum absolute atomic E-state index is 0.0719. The van der Waals surface area contributed by atoms with Gasteiger partial charge in [0.2, 0.25) is 11.5 Å². The molecule has 148 valence electrons. The van der Waals surface area contributed by atoms with Gasteiger partial charge in [-0.15, -0.1) is 0 Å². The normalized spacial score (nSPS) is 22.4. The molecule has 0 bridgehead atoms. The maximum Gasteiger partial charge on any atom is 0.275 e. The minimum Gasteiger partial charge on any atom is -0.394 e. The number of hydrogen-bond donors (Lipinski definition) is 3. The maximum atomic E-state index is 12.6. The Morgan fingerprint density at radius 2 is 2.25 bits per heavy atom. The summed E-state index contributed by atoms with van der Waals surface area (Å²) in [6.07, 6.45) is 5.28. The number of rotatable bonds is 6. The number of aliphatic hydroxyl groups excluding tert-OH is 1. The highest BCUT2D eigenvalue weighted by molar-refractivity contribution is 6.03. The van der Waals surface area contributed by atoms with Crippen LogP contribution < -0.4 is 10.2 Å². The molecule has 2 aromatic rings. The van der Waals surface area contributed by atoms with Crippen LogP contribution in [0.3, 0.4) is 0 Å². The lowest BCUT2D eigenvalue weighted by atomic mass is 9.90. The Labute approximate surface area is 162 Å². The number of aromatic nitrogens is 4. The van der Waals surface area contributed by atoms with Crippen LogP contribution >= 0.6 is 0 Å². The van der Waals surface area contributed by atoms with E-state index in [0.717, 1.165) is 0 Å². The molecule has 1 aliphatic heterocycles. The van der Waals surface area contributed by atoms with Gasteiger partial charge in [-0.2, -0.15) is 15.3 Å². The lowest BCUT2D eigenvalue weighted by Gasteiger charge is -2.21. The van der Waals surface area contributed by atoms with Crippen LogP contribution in [0.5, 0.6) is 0 Å². The van der Waals surface area contributed by atoms with Gasteiger partial charge in [0, 0.05) is 24.9 Å². The molecule has 10 nitrogen and oxygen atoms in total. The van der Waals surface area contributed by atoms with Crippen molar-refractivity contribution < 1.29 is 15.0 Å². The summed E-state index contributed by atoms with van der Waals surface area (Å²) in [6, 6.07) is 3.29. The molecule has 0 aliphatic carbocycles. The molecule has 1 amide bonds. The zero-order valence-electron chi connectivity index (χ0n) is 16.0. The molecular formula is C18H23N7O3. The van der Waals surface area contributed by atoms with Crippen LogP contribution in [0, 0.1) is 17.2 Å². The van der Waals surface area contributed by atoms with E-state index in [1.807, 2.05) is 20.8 Å². The van der Waals surface area contributed by atoms with Gasteiger partial charge in [0.25, 0.3) is 5.91 Å². The molecule has 2 atom stereocenters. The van der Waals surface area contributed by atoms with Crippen LogP contribution in [0.15, 0.2) is 24.7 Å². The fourth-order valence-corrected chi connectivity index (χ4v) is 3.06. The summed E-state index contributed by atoms with van der Waals surface area (Å²) in [7, 11) is 0. The number of nitriles is 1. The van der Waals surface area contributed by atoms with E-state index in [1.165, 1.54) is 11.1 Å². The minimum atomic E-state index is -2.04. The van der Waals surface area contributed by atoms with Gasteiger partial charge in [-0.3, -0.25) is 14.4 Å². The predicted octanol–water partition coefficient (Wildman–Crippen LogP) is 0.772. The first-order valence-electron chi connectivity index (χ1n) is 8.97. The van der Waals surface area contributed by atoms with E-state index in [2.05, 4.69) is 20.4 Å². The van der Waals surface area contributed by atoms with Crippen LogP contribution in [0.4, 0.5) is 17.5 Å². The summed E-state index contributed by atoms with van der Waals surface area (Å²) in [6.45, 7) is 5.65. The Hall–Kier alpha value is -3.03. The van der Waals surface area contributed by atoms with Crippen molar-refractivity contribution in [2.24, 2.45) is 5.92 Å². The fourth-order valence-electron chi connectivity index (χ4n) is 3.06. The number of carbonyl (C=O) groups excluding carboxylic acids is 1. The zero-order chi connectivity index (χ0) is 20.5. The van der Waals surface area contributed by atoms with Crippen molar-refractivity contribution in [2.45, 2.75) is 38.3 Å². The van der Waals surface area contributed by atoms with Gasteiger partial charge in [0.1, 0.15) is 11.9 Å². The first-order chi connectivity index (χ1) is 13.2. The van der Waals surface area contributed by atoms with Crippen LogP contribution in [-0.2, 0) is 10.3 Å². The Bertz CT molecular complexity index is 920. The summed E-state index contributed by atoms with van der Waals surface area (Å²) in [5.41, 5.74) is -1.97. The summed E-state index contributed by atoms with van der Waals surface area (Å²) in [4.78, 5) is 22.4. The van der Waals surface area contributed by atoms with Crippen molar-refractivity contribution in [3.8, 4) is 6.07 Å². The summed E-state index contributed by atoms with van der Waals surface area (Å²) in [5, 5.41) is 36.4. The third kappa shape index (κ3) is 3.30. The van der Waals surface area contributed by atoms with Crippen molar-refractivity contribution in [3.63, 3.8) is 0 Å². The lowest BCUT2D eigenvalue weighted by Crippen LogP contribution is -2.42. The van der Waals surface area contributed by atoms with E-state index < -0.39 is 23.0 Å². The van der Waals surface area contributed by atoms with Crippen LogP contribution in [-0.4, -0.2) is 54.6 Å². The van der Waals surface area contributed by atoms with Crippen LogP contribution in [0.1, 0.15) is 27.2 Å². The highest BCUT2D eigenvalue weighted by atomic mass is 16.3. The van der Waals surface area contributed by atoms with E-state index in [9.17, 15) is 20.3 Å². The average Bonchev–Trinajstić information content (AvgIpc) is 3.26. The molecule has 3 N–H and O–H groups in total. The Morgan fingerprint density at radius 3 is 2.86 bits per heavy atom. The molecule has 0 saturated carbocycles. The van der Waals surface area contributed by atoms with E-state index >= 15 is 0 Å². The number of anilines is 3. The second kappa shape index (κ2) is 7.18. The molecule has 2 aromatic heterocycles. The van der Waals surface area contributed by atoms with Gasteiger partial charge in [-0.1, -0.05) is 6.92 Å². The second-order valence-corrected chi connectivity index (χ2v) is 7.41. The summed E-state index contributed by atoms with van der Waals surface area (Å²) < 4.78 is 1.63. The number of hydrogen-bond acceptors (Lipinski definition) is 8. The Balaban J connectivity index is 1.82. The van der Waals surface area contributed by atoms with Gasteiger partial charge in [0.05, 0.1) is 24.0 Å². The molecular weight excluding hydrogens is 362 g/mol. The van der Waals surface area contributed by atoms with E-state index in [0.29, 0.717) is 17.9 Å². The zero-order valence-corrected chi connectivity index (χ0v) is 16.0. The summed E-state index contributed by atoms with van der Waals surface area (Å²) >= 11 is 0. The topological polar surface area (TPSA) is 140 Å². The van der Waals surface area contributed by atoms with E-state index in [4.69, 9.17) is 0 Å². The van der Waals surface area contributed by atoms with Gasteiger partial charge in [0.15, 0.2) is 0 Å². The molecule has 1 aliphatic rings. The summed E-state index contributed by atoms with van der Waals surface area (Å²) in [5.74, 6) is -0.623. The van der Waals surface area contributed by atoms with Crippen LogP contribution in [0.25, 0.3) is 0 Å². The van der Waals surface area contributed by atoms with Gasteiger partial charge >= 0.3 is 0 Å². The molecule has 0 aromatic carbocycles. The molecule has 3 rings (SSSR count). The molecule has 1 fully saturated rings. The third-order valence-electron chi connectivity index (χ3n) is 4.99. The second-order valence-electron chi connectivity index (χ2n) is 7.41. The molecule has 3 heterocycles. The van der Waals surface area contributed by atoms with Gasteiger partial charge < -0.3 is 15.5 Å². The SMILES string of the molecule is CC[C@H]1CN(c2ccnc(Nc3cnn(C(C)(C)CO)c3)n2)C(=O)[C@@]1(O)C#N. The first-order valence-corrected chi connectivity index (χ1v) is 8.97. The number of amides is 1. The predicted molar refractivity (Wildman–Crippen MR) is 101 cm³/mol. The lowest BCUT2D eigenvalue weighted by molar-refractivity contribution is -0.130. The number of nitrogens with one attached hydrogen (secondary N) is 1. The molecule has 28 heavy (non-hydrogen) atoms. The van der Waals surface area contributed by atoms with Crippen LogP contribution in [0.2, 0.25) is 0 Å². The molecule has 0 unspecified atom stereocenters. The van der Waals surface area contributed by atoms with Crippen molar-refractivity contribution in [3.05, 3.63) is 24.7 Å². The molecule has 1 saturated heterocycles. The fraction of sp³-hybridized carbons (Fsp3) is 0.500. The number of nitrogens with zero attached hydrogens (tertiary/aromatic N) is 6. The van der Waals surface area contributed by atoms with E-state index in [-0.39, 0.29) is 19.1 Å².